The van der Waals surface area contributed by atoms with Gasteiger partial charge in [0.25, 0.3) is 0 Å². The number of anilines is 1. The smallest absolute Gasteiger partial charge is 0.170 e. The van der Waals surface area contributed by atoms with Crippen molar-refractivity contribution in [2.75, 3.05) is 11.9 Å². The molecule has 1 aromatic heterocycles. The number of H-pyrrole nitrogens is 1. The predicted octanol–water partition coefficient (Wildman–Crippen LogP) is 4.82. The number of nitrogens with one attached hydrogen (secondary N) is 3. The summed E-state index contributed by atoms with van der Waals surface area (Å²) in [5.74, 6) is 0.461. The van der Waals surface area contributed by atoms with Crippen LogP contribution in [0.3, 0.4) is 0 Å². The summed E-state index contributed by atoms with van der Waals surface area (Å²) in [6.07, 6.45) is 3.01. The van der Waals surface area contributed by atoms with Crippen molar-refractivity contribution in [2.45, 2.75) is 26.2 Å². The molecule has 0 aliphatic heterocycles. The Kier molecular flexibility index (Phi) is 5.16. The van der Waals surface area contributed by atoms with Crippen LogP contribution in [-0.4, -0.2) is 16.6 Å². The van der Waals surface area contributed by atoms with Crippen LogP contribution in [-0.2, 0) is 6.42 Å². The molecule has 3 N–H and O–H groups in total. The van der Waals surface area contributed by atoms with E-state index in [9.17, 15) is 0 Å². The molecule has 0 aliphatic carbocycles. The average molecular weight is 337 g/mol. The van der Waals surface area contributed by atoms with Gasteiger partial charge < -0.3 is 15.6 Å². The maximum absolute atomic E-state index is 5.44. The first kappa shape index (κ1) is 16.5. The number of rotatable bonds is 5. The largest absolute Gasteiger partial charge is 0.362 e. The minimum Gasteiger partial charge on any atom is -0.362 e. The third-order valence-electron chi connectivity index (χ3n) is 4.19. The van der Waals surface area contributed by atoms with Gasteiger partial charge in [0.15, 0.2) is 5.11 Å². The summed E-state index contributed by atoms with van der Waals surface area (Å²) in [5, 5.41) is 8.58. The highest BCUT2D eigenvalue weighted by molar-refractivity contribution is 7.80. The van der Waals surface area contributed by atoms with Gasteiger partial charge in [0.1, 0.15) is 0 Å². The summed E-state index contributed by atoms with van der Waals surface area (Å²) in [5.41, 5.74) is 4.85. The minimum atomic E-state index is 0.461. The van der Waals surface area contributed by atoms with Crippen molar-refractivity contribution in [2.24, 2.45) is 0 Å². The van der Waals surface area contributed by atoms with E-state index >= 15 is 0 Å². The molecule has 4 heteroatoms. The van der Waals surface area contributed by atoms with Crippen molar-refractivity contribution in [3.63, 3.8) is 0 Å². The second-order valence-electron chi connectivity index (χ2n) is 6.23. The number of thiocarbonyl (C=S) groups is 1. The fourth-order valence-corrected chi connectivity index (χ4v) is 3.14. The van der Waals surface area contributed by atoms with Crippen LogP contribution in [0.2, 0.25) is 0 Å². The molecule has 0 fully saturated rings. The molecular weight excluding hydrogens is 314 g/mol. The number of aromatic nitrogens is 1. The Labute approximate surface area is 148 Å². The maximum Gasteiger partial charge on any atom is 0.170 e. The van der Waals surface area contributed by atoms with Crippen molar-refractivity contribution < 1.29 is 0 Å². The van der Waals surface area contributed by atoms with E-state index in [4.69, 9.17) is 12.2 Å². The molecule has 3 rings (SSSR count). The Bertz CT molecular complexity index is 836. The fraction of sp³-hybridized carbons (Fsp3) is 0.250. The third kappa shape index (κ3) is 3.77. The monoisotopic (exact) mass is 337 g/mol. The molecule has 0 bridgehead atoms. The second-order valence-corrected chi connectivity index (χ2v) is 6.64. The Hall–Kier alpha value is -2.33. The predicted molar refractivity (Wildman–Crippen MR) is 107 cm³/mol. The molecule has 0 saturated heterocycles. The average Bonchev–Trinajstić information content (AvgIpc) is 2.98. The molecule has 0 spiro atoms. The summed E-state index contributed by atoms with van der Waals surface area (Å²) in [6, 6.07) is 16.7. The molecule has 0 unspecified atom stereocenters. The van der Waals surface area contributed by atoms with Crippen LogP contribution in [0.25, 0.3) is 10.9 Å². The summed E-state index contributed by atoms with van der Waals surface area (Å²) < 4.78 is 0. The van der Waals surface area contributed by atoms with E-state index in [0.717, 1.165) is 18.7 Å². The SMILES string of the molecule is CC(C)c1ccccc1NC(=S)NCCc1c[nH]c2ccccc12. The zero-order chi connectivity index (χ0) is 16.9. The van der Waals surface area contributed by atoms with E-state index in [2.05, 4.69) is 72.1 Å². The van der Waals surface area contributed by atoms with Crippen molar-refractivity contribution in [1.29, 1.82) is 0 Å². The molecule has 0 saturated carbocycles. The zero-order valence-corrected chi connectivity index (χ0v) is 14.9. The quantitative estimate of drug-likeness (QED) is 0.585. The van der Waals surface area contributed by atoms with Gasteiger partial charge >= 0.3 is 0 Å². The summed E-state index contributed by atoms with van der Waals surface area (Å²) in [6.45, 7) is 5.18. The third-order valence-corrected chi connectivity index (χ3v) is 4.43. The number of hydrogen-bond donors (Lipinski definition) is 3. The van der Waals surface area contributed by atoms with E-state index in [1.54, 1.807) is 0 Å². The van der Waals surface area contributed by atoms with Gasteiger partial charge in [-0.05, 0) is 47.8 Å². The lowest BCUT2D eigenvalue weighted by Crippen LogP contribution is -2.30. The Morgan fingerprint density at radius 2 is 1.83 bits per heavy atom. The number of aromatic amines is 1. The highest BCUT2D eigenvalue weighted by Gasteiger charge is 2.07. The van der Waals surface area contributed by atoms with Crippen LogP contribution in [0.4, 0.5) is 5.69 Å². The van der Waals surface area contributed by atoms with Gasteiger partial charge in [-0.1, -0.05) is 50.2 Å². The molecule has 0 amide bonds. The van der Waals surface area contributed by atoms with Crippen molar-refractivity contribution in [1.82, 2.24) is 10.3 Å². The van der Waals surface area contributed by atoms with E-state index in [-0.39, 0.29) is 0 Å². The molecule has 24 heavy (non-hydrogen) atoms. The molecule has 3 nitrogen and oxygen atoms in total. The topological polar surface area (TPSA) is 39.8 Å². The zero-order valence-electron chi connectivity index (χ0n) is 14.1. The van der Waals surface area contributed by atoms with E-state index in [0.29, 0.717) is 11.0 Å². The Morgan fingerprint density at radius 3 is 2.67 bits per heavy atom. The molecule has 1 heterocycles. The van der Waals surface area contributed by atoms with Gasteiger partial charge in [0, 0.05) is 29.3 Å². The highest BCUT2D eigenvalue weighted by Crippen LogP contribution is 2.23. The Balaban J connectivity index is 1.57. The van der Waals surface area contributed by atoms with Crippen LogP contribution in [0, 0.1) is 0 Å². The molecule has 124 valence electrons. The second kappa shape index (κ2) is 7.49. The summed E-state index contributed by atoms with van der Waals surface area (Å²) in [7, 11) is 0. The van der Waals surface area contributed by atoms with Crippen LogP contribution in [0.5, 0.6) is 0 Å². The van der Waals surface area contributed by atoms with Gasteiger partial charge in [-0.3, -0.25) is 0 Å². The first-order valence-electron chi connectivity index (χ1n) is 8.34. The molecule has 0 atom stereocenters. The molecule has 3 aromatic rings. The molecular formula is C20H23N3S. The lowest BCUT2D eigenvalue weighted by molar-refractivity contribution is 0.864. The first-order valence-corrected chi connectivity index (χ1v) is 8.74. The van der Waals surface area contributed by atoms with Crippen molar-refractivity contribution >= 4 is 33.9 Å². The number of fused-ring (bicyclic) bond motifs is 1. The Morgan fingerprint density at radius 1 is 1.08 bits per heavy atom. The standard InChI is InChI=1S/C20H23N3S/c1-14(2)16-7-3-6-10-19(16)23-20(24)21-12-11-15-13-22-18-9-5-4-8-17(15)18/h3-10,13-14,22H,11-12H2,1-2H3,(H2,21,23,24). The number of para-hydroxylation sites is 2. The lowest BCUT2D eigenvalue weighted by Gasteiger charge is -2.16. The summed E-state index contributed by atoms with van der Waals surface area (Å²) >= 11 is 5.44. The van der Waals surface area contributed by atoms with E-state index in [1.807, 2.05) is 12.1 Å². The van der Waals surface area contributed by atoms with Crippen molar-refractivity contribution in [3.05, 3.63) is 65.9 Å². The first-order chi connectivity index (χ1) is 11.6. The molecule has 0 aliphatic rings. The number of benzene rings is 2. The van der Waals surface area contributed by atoms with Gasteiger partial charge in [-0.15, -0.1) is 0 Å². The minimum absolute atomic E-state index is 0.461. The molecule has 2 aromatic carbocycles. The lowest BCUT2D eigenvalue weighted by atomic mass is 10.0. The highest BCUT2D eigenvalue weighted by atomic mass is 32.1. The van der Waals surface area contributed by atoms with Gasteiger partial charge in [-0.2, -0.15) is 0 Å². The van der Waals surface area contributed by atoms with E-state index < -0.39 is 0 Å². The van der Waals surface area contributed by atoms with Gasteiger partial charge in [-0.25, -0.2) is 0 Å². The van der Waals surface area contributed by atoms with Crippen LogP contribution < -0.4 is 10.6 Å². The van der Waals surface area contributed by atoms with Gasteiger partial charge in [0.2, 0.25) is 0 Å². The van der Waals surface area contributed by atoms with Crippen molar-refractivity contribution in [3.8, 4) is 0 Å². The van der Waals surface area contributed by atoms with Crippen LogP contribution in [0.15, 0.2) is 54.7 Å². The normalized spacial score (nSPS) is 11.0. The van der Waals surface area contributed by atoms with Crippen LogP contribution >= 0.6 is 12.2 Å². The fourth-order valence-electron chi connectivity index (χ4n) is 2.93. The maximum atomic E-state index is 5.44. The van der Waals surface area contributed by atoms with Gasteiger partial charge in [0.05, 0.1) is 0 Å². The molecule has 0 radical (unpaired) electrons. The summed E-state index contributed by atoms with van der Waals surface area (Å²) in [4.78, 5) is 3.31. The number of hydrogen-bond acceptors (Lipinski definition) is 1. The van der Waals surface area contributed by atoms with E-state index in [1.165, 1.54) is 22.0 Å². The van der Waals surface area contributed by atoms with Crippen LogP contribution in [0.1, 0.15) is 30.9 Å².